The van der Waals surface area contributed by atoms with E-state index in [1.54, 1.807) is 43.9 Å². The minimum atomic E-state index is 0.577. The summed E-state index contributed by atoms with van der Waals surface area (Å²) in [7, 11) is 0. The zero-order valence-corrected chi connectivity index (χ0v) is 10.7. The second kappa shape index (κ2) is 5.47. The van der Waals surface area contributed by atoms with Gasteiger partial charge in [-0.1, -0.05) is 36.8 Å². The molecule has 2 atom stereocenters. The van der Waals surface area contributed by atoms with Gasteiger partial charge in [-0.3, -0.25) is 0 Å². The van der Waals surface area contributed by atoms with Gasteiger partial charge in [0, 0.05) is 16.3 Å². The van der Waals surface area contributed by atoms with Gasteiger partial charge in [0.15, 0.2) is 0 Å². The maximum absolute atomic E-state index is 5.65. The summed E-state index contributed by atoms with van der Waals surface area (Å²) in [6, 6.07) is 5.05. The zero-order valence-electron chi connectivity index (χ0n) is 9.95. The minimum absolute atomic E-state index is 0.577. The number of halogens is 1. The SMILES string of the molecule is C#Cc1cc(N)cc(Cl)c1.C1CC2CCC2C1. The molecule has 0 saturated heterocycles. The Hall–Kier alpha value is -1.13. The summed E-state index contributed by atoms with van der Waals surface area (Å²) < 4.78 is 0. The summed E-state index contributed by atoms with van der Waals surface area (Å²) in [5.74, 6) is 4.83. The Labute approximate surface area is 108 Å². The molecule has 3 rings (SSSR count). The molecule has 0 heterocycles. The number of nitrogens with two attached hydrogens (primary N) is 1. The van der Waals surface area contributed by atoms with Crippen molar-refractivity contribution in [2.24, 2.45) is 11.8 Å². The molecule has 2 unspecified atom stereocenters. The summed E-state index contributed by atoms with van der Waals surface area (Å²) >= 11 is 5.65. The third kappa shape index (κ3) is 3.17. The second-order valence-electron chi connectivity index (χ2n) is 4.95. The van der Waals surface area contributed by atoms with Crippen molar-refractivity contribution in [2.75, 3.05) is 5.73 Å². The predicted octanol–water partition coefficient (Wildman–Crippen LogP) is 4.10. The topological polar surface area (TPSA) is 26.0 Å². The van der Waals surface area contributed by atoms with E-state index in [0.29, 0.717) is 16.3 Å². The number of benzene rings is 1. The Balaban J connectivity index is 0.000000134. The Morgan fingerprint density at radius 3 is 2.18 bits per heavy atom. The van der Waals surface area contributed by atoms with Crippen molar-refractivity contribution in [3.63, 3.8) is 0 Å². The second-order valence-corrected chi connectivity index (χ2v) is 5.38. The van der Waals surface area contributed by atoms with E-state index in [1.807, 2.05) is 0 Å². The third-order valence-corrected chi connectivity index (χ3v) is 4.03. The Bertz CT molecular complexity index is 403. The van der Waals surface area contributed by atoms with Crippen LogP contribution in [0.1, 0.15) is 37.7 Å². The molecule has 2 N–H and O–H groups in total. The summed E-state index contributed by atoms with van der Waals surface area (Å²) in [6.45, 7) is 0. The minimum Gasteiger partial charge on any atom is -0.399 e. The van der Waals surface area contributed by atoms with Crippen molar-refractivity contribution in [2.45, 2.75) is 32.1 Å². The van der Waals surface area contributed by atoms with Crippen LogP contribution in [0, 0.1) is 24.2 Å². The first kappa shape index (κ1) is 12.3. The molecule has 1 aromatic rings. The van der Waals surface area contributed by atoms with Crippen molar-refractivity contribution in [1.82, 2.24) is 0 Å². The van der Waals surface area contributed by atoms with Gasteiger partial charge in [0.2, 0.25) is 0 Å². The number of fused-ring (bicyclic) bond motifs is 1. The molecule has 2 fully saturated rings. The lowest BCUT2D eigenvalue weighted by Gasteiger charge is -2.29. The van der Waals surface area contributed by atoms with Crippen molar-refractivity contribution < 1.29 is 0 Å². The lowest BCUT2D eigenvalue weighted by molar-refractivity contribution is 0.219. The van der Waals surface area contributed by atoms with E-state index in [2.05, 4.69) is 5.92 Å². The largest absolute Gasteiger partial charge is 0.399 e. The van der Waals surface area contributed by atoms with Gasteiger partial charge < -0.3 is 5.73 Å². The summed E-state index contributed by atoms with van der Waals surface area (Å²) in [5, 5.41) is 0.577. The quantitative estimate of drug-likeness (QED) is 0.542. The number of rotatable bonds is 0. The molecule has 0 radical (unpaired) electrons. The number of hydrogen-bond donors (Lipinski definition) is 1. The van der Waals surface area contributed by atoms with Crippen LogP contribution in [-0.4, -0.2) is 0 Å². The summed E-state index contributed by atoms with van der Waals surface area (Å²) in [5.41, 5.74) is 6.77. The zero-order chi connectivity index (χ0) is 12.3. The number of terminal acetylenes is 1. The smallest absolute Gasteiger partial charge is 0.0438 e. The van der Waals surface area contributed by atoms with E-state index in [4.69, 9.17) is 23.8 Å². The van der Waals surface area contributed by atoms with E-state index >= 15 is 0 Å². The average molecular weight is 248 g/mol. The highest BCUT2D eigenvalue weighted by molar-refractivity contribution is 6.30. The van der Waals surface area contributed by atoms with E-state index in [1.165, 1.54) is 18.3 Å². The van der Waals surface area contributed by atoms with E-state index in [-0.39, 0.29) is 0 Å². The van der Waals surface area contributed by atoms with Gasteiger partial charge in [0.1, 0.15) is 0 Å². The molecule has 0 amide bonds. The fraction of sp³-hybridized carbons (Fsp3) is 0.467. The van der Waals surface area contributed by atoms with Gasteiger partial charge >= 0.3 is 0 Å². The molecule has 0 aromatic heterocycles. The standard InChI is InChI=1S/C8H6ClN.C7H12/c1-2-6-3-7(9)5-8(10)4-6;1-2-6-4-5-7(6)3-1/h1,3-5H,10H2;6-7H,1-5H2. The molecule has 0 bridgehead atoms. The lowest BCUT2D eigenvalue weighted by atomic mass is 9.77. The average Bonchev–Trinajstić information content (AvgIpc) is 2.57. The molecule has 1 nitrogen and oxygen atoms in total. The van der Waals surface area contributed by atoms with Gasteiger partial charge in [0.25, 0.3) is 0 Å². The molecule has 0 aliphatic heterocycles. The fourth-order valence-electron chi connectivity index (χ4n) is 2.74. The van der Waals surface area contributed by atoms with Crippen molar-refractivity contribution in [3.8, 4) is 12.3 Å². The van der Waals surface area contributed by atoms with Crippen LogP contribution < -0.4 is 5.73 Å². The van der Waals surface area contributed by atoms with E-state index in [9.17, 15) is 0 Å². The first-order chi connectivity index (χ1) is 8.19. The molecular weight excluding hydrogens is 230 g/mol. The molecular formula is C15H18ClN. The van der Waals surface area contributed by atoms with Crippen LogP contribution in [0.4, 0.5) is 5.69 Å². The van der Waals surface area contributed by atoms with Crippen LogP contribution >= 0.6 is 11.6 Å². The highest BCUT2D eigenvalue weighted by Crippen LogP contribution is 2.46. The van der Waals surface area contributed by atoms with Crippen molar-refractivity contribution in [1.29, 1.82) is 0 Å². The van der Waals surface area contributed by atoms with Crippen LogP contribution in [-0.2, 0) is 0 Å². The summed E-state index contributed by atoms with van der Waals surface area (Å²) in [4.78, 5) is 0. The third-order valence-electron chi connectivity index (χ3n) is 3.81. The number of nitrogen functional groups attached to an aromatic ring is 1. The monoisotopic (exact) mass is 247 g/mol. The lowest BCUT2D eigenvalue weighted by Crippen LogP contribution is -2.18. The van der Waals surface area contributed by atoms with Crippen LogP contribution in [0.3, 0.4) is 0 Å². The van der Waals surface area contributed by atoms with Gasteiger partial charge in [0.05, 0.1) is 0 Å². The van der Waals surface area contributed by atoms with Gasteiger partial charge in [-0.15, -0.1) is 6.42 Å². The predicted molar refractivity (Wildman–Crippen MR) is 73.9 cm³/mol. The first-order valence-electron chi connectivity index (χ1n) is 6.21. The molecule has 2 heteroatoms. The Morgan fingerprint density at radius 1 is 1.12 bits per heavy atom. The van der Waals surface area contributed by atoms with E-state index in [0.717, 1.165) is 0 Å². The van der Waals surface area contributed by atoms with E-state index < -0.39 is 0 Å². The van der Waals surface area contributed by atoms with Gasteiger partial charge in [-0.25, -0.2) is 0 Å². The molecule has 90 valence electrons. The molecule has 2 saturated carbocycles. The maximum Gasteiger partial charge on any atom is 0.0438 e. The van der Waals surface area contributed by atoms with Crippen LogP contribution in [0.25, 0.3) is 0 Å². The highest BCUT2D eigenvalue weighted by atomic mass is 35.5. The molecule has 17 heavy (non-hydrogen) atoms. The van der Waals surface area contributed by atoms with Crippen LogP contribution in [0.2, 0.25) is 5.02 Å². The molecule has 2 aliphatic carbocycles. The number of hydrogen-bond acceptors (Lipinski definition) is 1. The highest BCUT2D eigenvalue weighted by Gasteiger charge is 2.34. The maximum atomic E-state index is 5.65. The summed E-state index contributed by atoms with van der Waals surface area (Å²) in [6.07, 6.45) is 12.9. The van der Waals surface area contributed by atoms with Crippen molar-refractivity contribution in [3.05, 3.63) is 28.8 Å². The Kier molecular flexibility index (Phi) is 3.97. The molecule has 1 aromatic carbocycles. The molecule has 0 spiro atoms. The Morgan fingerprint density at radius 2 is 1.76 bits per heavy atom. The van der Waals surface area contributed by atoms with Crippen LogP contribution in [0.5, 0.6) is 0 Å². The van der Waals surface area contributed by atoms with Gasteiger partial charge in [-0.05, 0) is 42.9 Å². The van der Waals surface area contributed by atoms with Crippen LogP contribution in [0.15, 0.2) is 18.2 Å². The fourth-order valence-corrected chi connectivity index (χ4v) is 2.98. The first-order valence-corrected chi connectivity index (χ1v) is 6.59. The van der Waals surface area contributed by atoms with Crippen molar-refractivity contribution >= 4 is 17.3 Å². The van der Waals surface area contributed by atoms with Gasteiger partial charge in [-0.2, -0.15) is 0 Å². The molecule has 2 aliphatic rings. The normalized spacial score (nSPS) is 24.9. The number of anilines is 1.